The van der Waals surface area contributed by atoms with Gasteiger partial charge in [0.05, 0.1) is 6.10 Å². The van der Waals surface area contributed by atoms with Crippen LogP contribution in [0.25, 0.3) is 0 Å². The van der Waals surface area contributed by atoms with Gasteiger partial charge in [-0.2, -0.15) is 0 Å². The first-order valence-corrected chi connectivity index (χ1v) is 6.43. The van der Waals surface area contributed by atoms with Crippen LogP contribution >= 0.6 is 11.6 Å². The molecule has 0 fully saturated rings. The van der Waals surface area contributed by atoms with Gasteiger partial charge in [0.2, 0.25) is 0 Å². The first kappa shape index (κ1) is 13.8. The zero-order valence-corrected chi connectivity index (χ0v) is 11.6. The number of rotatable bonds is 4. The second-order valence-corrected chi connectivity index (χ2v) is 4.70. The van der Waals surface area contributed by atoms with Crippen molar-refractivity contribution in [2.75, 3.05) is 11.9 Å². The number of anilines is 1. The lowest BCUT2D eigenvalue weighted by Crippen LogP contribution is -2.14. The standard InChI is InChI=1S/C14H16ClN3O/c1-9-13(15)17-10(2)18-14(9)16-8-12(19)11-6-4-3-5-7-11/h3-7,12,19H,8H2,1-2H3,(H,16,17,18). The molecule has 2 N–H and O–H groups in total. The fourth-order valence-electron chi connectivity index (χ4n) is 1.75. The molecule has 1 unspecified atom stereocenters. The molecule has 2 aromatic rings. The summed E-state index contributed by atoms with van der Waals surface area (Å²) in [5, 5.41) is 13.6. The maximum Gasteiger partial charge on any atom is 0.137 e. The van der Waals surface area contributed by atoms with E-state index in [9.17, 15) is 5.11 Å². The van der Waals surface area contributed by atoms with Gasteiger partial charge in [0, 0.05) is 12.1 Å². The van der Waals surface area contributed by atoms with Crippen molar-refractivity contribution in [1.82, 2.24) is 9.97 Å². The van der Waals surface area contributed by atoms with E-state index in [0.29, 0.717) is 23.3 Å². The molecule has 0 saturated heterocycles. The molecule has 100 valence electrons. The van der Waals surface area contributed by atoms with Crippen LogP contribution in [0.3, 0.4) is 0 Å². The number of aliphatic hydroxyl groups is 1. The molecule has 0 bridgehead atoms. The van der Waals surface area contributed by atoms with Crippen molar-refractivity contribution in [3.8, 4) is 0 Å². The van der Waals surface area contributed by atoms with Gasteiger partial charge in [-0.15, -0.1) is 0 Å². The van der Waals surface area contributed by atoms with E-state index in [1.54, 1.807) is 6.92 Å². The molecule has 19 heavy (non-hydrogen) atoms. The van der Waals surface area contributed by atoms with Crippen LogP contribution in [0.1, 0.15) is 23.1 Å². The van der Waals surface area contributed by atoms with Gasteiger partial charge in [-0.1, -0.05) is 41.9 Å². The Morgan fingerprint density at radius 3 is 2.58 bits per heavy atom. The van der Waals surface area contributed by atoms with Crippen molar-refractivity contribution in [3.63, 3.8) is 0 Å². The van der Waals surface area contributed by atoms with Crippen LogP contribution in [0.15, 0.2) is 30.3 Å². The van der Waals surface area contributed by atoms with Crippen molar-refractivity contribution < 1.29 is 5.11 Å². The molecule has 0 radical (unpaired) electrons. The Labute approximate surface area is 117 Å². The minimum atomic E-state index is -0.588. The molecule has 4 nitrogen and oxygen atoms in total. The highest BCUT2D eigenvalue weighted by molar-refractivity contribution is 6.30. The largest absolute Gasteiger partial charge is 0.387 e. The van der Waals surface area contributed by atoms with Crippen LogP contribution in [-0.4, -0.2) is 21.6 Å². The SMILES string of the molecule is Cc1nc(Cl)c(C)c(NCC(O)c2ccccc2)n1. The molecule has 2 rings (SSSR count). The Hall–Kier alpha value is -1.65. The smallest absolute Gasteiger partial charge is 0.137 e. The Morgan fingerprint density at radius 2 is 1.89 bits per heavy atom. The maximum atomic E-state index is 10.1. The lowest BCUT2D eigenvalue weighted by Gasteiger charge is -2.14. The third kappa shape index (κ3) is 3.43. The van der Waals surface area contributed by atoms with Crippen LogP contribution in [0, 0.1) is 13.8 Å². The number of aromatic nitrogens is 2. The topological polar surface area (TPSA) is 58.0 Å². The third-order valence-corrected chi connectivity index (χ3v) is 3.21. The molecule has 5 heteroatoms. The van der Waals surface area contributed by atoms with Crippen LogP contribution in [-0.2, 0) is 0 Å². The summed E-state index contributed by atoms with van der Waals surface area (Å²) in [5.41, 5.74) is 1.65. The number of benzene rings is 1. The normalized spacial score (nSPS) is 12.2. The van der Waals surface area contributed by atoms with Gasteiger partial charge in [-0.05, 0) is 19.4 Å². The van der Waals surface area contributed by atoms with Crippen LogP contribution in [0.5, 0.6) is 0 Å². The maximum absolute atomic E-state index is 10.1. The highest BCUT2D eigenvalue weighted by atomic mass is 35.5. The molecular weight excluding hydrogens is 262 g/mol. The fourth-order valence-corrected chi connectivity index (χ4v) is 1.96. The van der Waals surface area contributed by atoms with Gasteiger partial charge in [0.15, 0.2) is 0 Å². The highest BCUT2D eigenvalue weighted by Gasteiger charge is 2.10. The predicted molar refractivity (Wildman–Crippen MR) is 76.4 cm³/mol. The van der Waals surface area contributed by atoms with E-state index < -0.39 is 6.10 Å². The summed E-state index contributed by atoms with van der Waals surface area (Å²) < 4.78 is 0. The predicted octanol–water partition coefficient (Wildman–Crippen LogP) is 2.89. The molecule has 1 heterocycles. The molecule has 0 aliphatic heterocycles. The minimum Gasteiger partial charge on any atom is -0.387 e. The summed E-state index contributed by atoms with van der Waals surface area (Å²) in [6.45, 7) is 4.00. The van der Waals surface area contributed by atoms with E-state index in [2.05, 4.69) is 15.3 Å². The highest BCUT2D eigenvalue weighted by Crippen LogP contribution is 2.20. The van der Waals surface area contributed by atoms with Gasteiger partial charge in [-0.3, -0.25) is 0 Å². The number of nitrogens with one attached hydrogen (secondary N) is 1. The zero-order chi connectivity index (χ0) is 13.8. The van der Waals surface area contributed by atoms with E-state index in [1.165, 1.54) is 0 Å². The Bertz CT molecular complexity index is 560. The molecule has 1 atom stereocenters. The molecule has 0 spiro atoms. The fraction of sp³-hybridized carbons (Fsp3) is 0.286. The summed E-state index contributed by atoms with van der Waals surface area (Å²) in [4.78, 5) is 8.35. The van der Waals surface area contributed by atoms with E-state index in [4.69, 9.17) is 11.6 Å². The summed E-state index contributed by atoms with van der Waals surface area (Å²) >= 11 is 6.00. The number of aryl methyl sites for hydroxylation is 1. The molecule has 0 amide bonds. The monoisotopic (exact) mass is 277 g/mol. The molecular formula is C14H16ClN3O. The lowest BCUT2D eigenvalue weighted by molar-refractivity contribution is 0.191. The number of nitrogens with zero attached hydrogens (tertiary/aromatic N) is 2. The molecule has 1 aromatic heterocycles. The van der Waals surface area contributed by atoms with E-state index in [1.807, 2.05) is 37.3 Å². The van der Waals surface area contributed by atoms with Crippen molar-refractivity contribution in [2.45, 2.75) is 20.0 Å². The minimum absolute atomic E-state index is 0.373. The van der Waals surface area contributed by atoms with Crippen LogP contribution < -0.4 is 5.32 Å². The van der Waals surface area contributed by atoms with Crippen molar-refractivity contribution in [2.24, 2.45) is 0 Å². The van der Waals surface area contributed by atoms with Gasteiger partial charge in [0.25, 0.3) is 0 Å². The van der Waals surface area contributed by atoms with Gasteiger partial charge in [0.1, 0.15) is 16.8 Å². The number of halogens is 1. The second-order valence-electron chi connectivity index (χ2n) is 4.34. The average molecular weight is 278 g/mol. The summed E-state index contributed by atoms with van der Waals surface area (Å²) in [7, 11) is 0. The summed E-state index contributed by atoms with van der Waals surface area (Å²) in [6, 6.07) is 9.49. The number of hydrogen-bond acceptors (Lipinski definition) is 4. The first-order valence-electron chi connectivity index (χ1n) is 6.05. The Morgan fingerprint density at radius 1 is 1.21 bits per heavy atom. The van der Waals surface area contributed by atoms with E-state index >= 15 is 0 Å². The van der Waals surface area contributed by atoms with Crippen molar-refractivity contribution in [1.29, 1.82) is 0 Å². The molecule has 1 aromatic carbocycles. The first-order chi connectivity index (χ1) is 9.08. The quantitative estimate of drug-likeness (QED) is 0.844. The number of hydrogen-bond donors (Lipinski definition) is 2. The van der Waals surface area contributed by atoms with Gasteiger partial charge < -0.3 is 10.4 Å². The Kier molecular flexibility index (Phi) is 4.35. The summed E-state index contributed by atoms with van der Waals surface area (Å²) in [5.74, 6) is 1.26. The van der Waals surface area contributed by atoms with E-state index in [-0.39, 0.29) is 0 Å². The van der Waals surface area contributed by atoms with Crippen LogP contribution in [0.4, 0.5) is 5.82 Å². The second kappa shape index (κ2) is 5.99. The van der Waals surface area contributed by atoms with Gasteiger partial charge in [-0.25, -0.2) is 9.97 Å². The van der Waals surface area contributed by atoms with Crippen molar-refractivity contribution in [3.05, 3.63) is 52.4 Å². The van der Waals surface area contributed by atoms with E-state index in [0.717, 1.165) is 11.1 Å². The zero-order valence-electron chi connectivity index (χ0n) is 10.9. The number of aliphatic hydroxyl groups excluding tert-OH is 1. The Balaban J connectivity index is 2.07. The third-order valence-electron chi connectivity index (χ3n) is 2.85. The van der Waals surface area contributed by atoms with Gasteiger partial charge >= 0.3 is 0 Å². The molecule has 0 aliphatic rings. The molecule has 0 saturated carbocycles. The summed E-state index contributed by atoms with van der Waals surface area (Å²) in [6.07, 6.45) is -0.588. The lowest BCUT2D eigenvalue weighted by atomic mass is 10.1. The average Bonchev–Trinajstić information content (AvgIpc) is 2.41. The van der Waals surface area contributed by atoms with Crippen molar-refractivity contribution >= 4 is 17.4 Å². The molecule has 0 aliphatic carbocycles. The van der Waals surface area contributed by atoms with Crippen LogP contribution in [0.2, 0.25) is 5.15 Å².